The topological polar surface area (TPSA) is 140 Å². The third kappa shape index (κ3) is 7.57. The van der Waals surface area contributed by atoms with Crippen LogP contribution in [-0.4, -0.2) is 86.0 Å². The predicted molar refractivity (Wildman–Crippen MR) is 196 cm³/mol. The molecule has 0 radical (unpaired) electrons. The maximum atomic E-state index is 13.4. The third-order valence-corrected chi connectivity index (χ3v) is 9.35. The molecule has 5 aromatic rings. The van der Waals surface area contributed by atoms with Gasteiger partial charge in [0.05, 0.1) is 19.8 Å². The molecule has 12 nitrogen and oxygen atoms in total. The Morgan fingerprint density at radius 1 is 0.792 bits per heavy atom. The summed E-state index contributed by atoms with van der Waals surface area (Å²) in [5, 5.41) is 14.4. The third-order valence-electron chi connectivity index (χ3n) is 9.35. The number of aliphatic hydroxyl groups is 1. The lowest BCUT2D eigenvalue weighted by molar-refractivity contribution is -0.389. The summed E-state index contributed by atoms with van der Waals surface area (Å²) in [5.74, 6) is -2.18. The number of carbonyl (C=O) groups excluding carboxylic acids is 1. The van der Waals surface area contributed by atoms with Crippen molar-refractivity contribution in [2.45, 2.75) is 35.9 Å². The van der Waals surface area contributed by atoms with E-state index in [0.29, 0.717) is 5.56 Å². The minimum Gasteiger partial charge on any atom is -0.387 e. The number of carbonyl (C=O) groups is 1. The van der Waals surface area contributed by atoms with Gasteiger partial charge < -0.3 is 38.8 Å². The zero-order chi connectivity index (χ0) is 37.3. The number of aromatic nitrogens is 2. The van der Waals surface area contributed by atoms with Crippen molar-refractivity contribution in [3.8, 4) is 0 Å². The van der Waals surface area contributed by atoms with E-state index in [-0.39, 0.29) is 25.6 Å². The molecule has 276 valence electrons. The number of ether oxygens (including phenoxy) is 6. The molecule has 0 spiro atoms. The van der Waals surface area contributed by atoms with Crippen molar-refractivity contribution in [3.63, 3.8) is 0 Å². The first-order valence-corrected chi connectivity index (χ1v) is 17.2. The van der Waals surface area contributed by atoms with Crippen molar-refractivity contribution < 1.29 is 38.3 Å². The summed E-state index contributed by atoms with van der Waals surface area (Å²) in [5.41, 5.74) is 0.959. The lowest BCUT2D eigenvalue weighted by Gasteiger charge is -2.48. The van der Waals surface area contributed by atoms with Crippen LogP contribution in [-0.2, 0) is 33.8 Å². The molecule has 4 atom stereocenters. The Morgan fingerprint density at radius 3 is 1.81 bits per heavy atom. The van der Waals surface area contributed by atoms with Gasteiger partial charge >= 0.3 is 11.7 Å². The average molecular weight is 722 g/mol. The molecule has 2 heterocycles. The van der Waals surface area contributed by atoms with Gasteiger partial charge in [-0.2, -0.15) is 4.98 Å². The van der Waals surface area contributed by atoms with Gasteiger partial charge in [0.15, 0.2) is 6.23 Å². The van der Waals surface area contributed by atoms with Crippen molar-refractivity contribution in [1.82, 2.24) is 9.55 Å². The van der Waals surface area contributed by atoms with Crippen LogP contribution in [0.2, 0.25) is 0 Å². The number of nitrogens with one attached hydrogen (secondary N) is 1. The summed E-state index contributed by atoms with van der Waals surface area (Å²) in [4.78, 5) is 30.2. The number of methoxy groups -OCH3 is 3. The lowest BCUT2D eigenvalue weighted by Crippen LogP contribution is -2.58. The zero-order valence-electron chi connectivity index (χ0n) is 29.7. The summed E-state index contributed by atoms with van der Waals surface area (Å²) in [6, 6.07) is 39.4. The van der Waals surface area contributed by atoms with Crippen LogP contribution in [0.3, 0.4) is 0 Å². The first kappa shape index (κ1) is 37.7. The molecule has 0 unspecified atom stereocenters. The first-order valence-electron chi connectivity index (χ1n) is 17.2. The highest BCUT2D eigenvalue weighted by Crippen LogP contribution is 2.50. The SMILES string of the molecule is COCCO[C@@H]1[C@H](O)[C@@H](COC(OC)(OC)C(c2ccccc2)(c2ccccc2)c2ccccc2)O[C@H]1n1ccc(NC(=O)c2ccccc2)nc1=O. The van der Waals surface area contributed by atoms with Crippen LogP contribution in [0, 0.1) is 0 Å². The Bertz CT molecular complexity index is 1860. The maximum absolute atomic E-state index is 13.4. The van der Waals surface area contributed by atoms with Gasteiger partial charge in [-0.15, -0.1) is 0 Å². The van der Waals surface area contributed by atoms with Crippen LogP contribution >= 0.6 is 0 Å². The van der Waals surface area contributed by atoms with Crippen LogP contribution in [0.25, 0.3) is 0 Å². The van der Waals surface area contributed by atoms with E-state index in [4.69, 9.17) is 28.4 Å². The molecule has 0 bridgehead atoms. The summed E-state index contributed by atoms with van der Waals surface area (Å²) < 4.78 is 38.1. The highest BCUT2D eigenvalue weighted by Gasteiger charge is 2.59. The molecular weight excluding hydrogens is 678 g/mol. The maximum Gasteiger partial charge on any atom is 0.351 e. The number of benzene rings is 4. The van der Waals surface area contributed by atoms with Crippen LogP contribution in [0.5, 0.6) is 0 Å². The monoisotopic (exact) mass is 721 g/mol. The Kier molecular flexibility index (Phi) is 12.2. The minimum absolute atomic E-state index is 0.0550. The van der Waals surface area contributed by atoms with Crippen LogP contribution in [0.1, 0.15) is 33.3 Å². The normalized spacial score (nSPS) is 18.9. The van der Waals surface area contributed by atoms with Crippen molar-refractivity contribution in [2.75, 3.05) is 46.5 Å². The Morgan fingerprint density at radius 2 is 1.32 bits per heavy atom. The van der Waals surface area contributed by atoms with Gasteiger partial charge in [-0.05, 0) is 34.9 Å². The molecule has 53 heavy (non-hydrogen) atoms. The molecule has 1 saturated heterocycles. The number of nitrogens with zero attached hydrogens (tertiary/aromatic N) is 2. The summed E-state index contributed by atoms with van der Waals surface area (Å²) in [7, 11) is 4.53. The highest BCUT2D eigenvalue weighted by molar-refractivity contribution is 6.03. The van der Waals surface area contributed by atoms with Gasteiger partial charge in [-0.25, -0.2) is 4.79 Å². The van der Waals surface area contributed by atoms with E-state index in [0.717, 1.165) is 16.7 Å². The second-order valence-corrected chi connectivity index (χ2v) is 12.3. The molecule has 2 N–H and O–H groups in total. The molecule has 1 fully saturated rings. The minimum atomic E-state index is -1.82. The fourth-order valence-corrected chi connectivity index (χ4v) is 6.88. The molecule has 0 aliphatic carbocycles. The lowest BCUT2D eigenvalue weighted by atomic mass is 9.67. The molecule has 1 aliphatic rings. The summed E-state index contributed by atoms with van der Waals surface area (Å²) in [6.07, 6.45) is -3.00. The average Bonchev–Trinajstić information content (AvgIpc) is 3.52. The quantitative estimate of drug-likeness (QED) is 0.0832. The Hall–Kier alpha value is -5.05. The van der Waals surface area contributed by atoms with Gasteiger partial charge in [0.25, 0.3) is 5.91 Å². The number of rotatable bonds is 16. The fourth-order valence-electron chi connectivity index (χ4n) is 6.88. The largest absolute Gasteiger partial charge is 0.387 e. The van der Waals surface area contributed by atoms with Gasteiger partial charge in [0.1, 0.15) is 29.5 Å². The molecular formula is C41H43N3O9. The number of aliphatic hydroxyl groups excluding tert-OH is 1. The van der Waals surface area contributed by atoms with E-state index in [2.05, 4.69) is 10.3 Å². The summed E-state index contributed by atoms with van der Waals surface area (Å²) >= 11 is 0. The molecule has 6 rings (SSSR count). The zero-order valence-corrected chi connectivity index (χ0v) is 29.7. The van der Waals surface area contributed by atoms with Gasteiger partial charge in [-0.3, -0.25) is 9.36 Å². The molecule has 1 aliphatic heterocycles. The smallest absolute Gasteiger partial charge is 0.351 e. The van der Waals surface area contributed by atoms with Crippen LogP contribution < -0.4 is 11.0 Å². The number of anilines is 1. The Labute approximate surface area is 307 Å². The Balaban J connectivity index is 1.34. The second-order valence-electron chi connectivity index (χ2n) is 12.3. The van der Waals surface area contributed by atoms with E-state index < -0.39 is 47.5 Å². The fraction of sp³-hybridized carbons (Fsp3) is 0.293. The van der Waals surface area contributed by atoms with Gasteiger partial charge in [0, 0.05) is 33.1 Å². The van der Waals surface area contributed by atoms with E-state index in [1.165, 1.54) is 38.2 Å². The number of hydrogen-bond acceptors (Lipinski definition) is 10. The molecule has 4 aromatic carbocycles. The molecule has 12 heteroatoms. The van der Waals surface area contributed by atoms with E-state index in [1.807, 2.05) is 91.0 Å². The van der Waals surface area contributed by atoms with Crippen LogP contribution in [0.15, 0.2) is 138 Å². The first-order chi connectivity index (χ1) is 25.9. The van der Waals surface area contributed by atoms with Gasteiger partial charge in [-0.1, -0.05) is 109 Å². The standard InChI is InChI=1S/C41H43N3O9/c1-48-26-27-51-36-35(45)33(53-38(36)44-25-24-34(43-39(44)47)42-37(46)29-16-8-4-9-17-29)28-52-41(49-2,50-3)40(30-18-10-5-11-19-30,31-20-12-6-13-21-31)32-22-14-7-15-23-32/h4-25,33,35-36,38,45H,26-28H2,1-3H3,(H,42,43,46,47)/t33-,35-,36-,38-/m1/s1. The number of hydrogen-bond donors (Lipinski definition) is 2. The molecule has 0 saturated carbocycles. The second kappa shape index (κ2) is 17.2. The van der Waals surface area contributed by atoms with Crippen LogP contribution in [0.4, 0.5) is 5.82 Å². The van der Waals surface area contributed by atoms with E-state index >= 15 is 0 Å². The van der Waals surface area contributed by atoms with Gasteiger partial charge in [0.2, 0.25) is 0 Å². The van der Waals surface area contributed by atoms with E-state index in [1.54, 1.807) is 30.3 Å². The molecule has 1 aromatic heterocycles. The van der Waals surface area contributed by atoms with Crippen molar-refractivity contribution in [1.29, 1.82) is 0 Å². The van der Waals surface area contributed by atoms with E-state index in [9.17, 15) is 14.7 Å². The molecule has 1 amide bonds. The van der Waals surface area contributed by atoms with Crippen molar-refractivity contribution >= 4 is 11.7 Å². The summed E-state index contributed by atoms with van der Waals surface area (Å²) in [6.45, 7) is 0.0995. The predicted octanol–water partition coefficient (Wildman–Crippen LogP) is 4.78. The van der Waals surface area contributed by atoms with Crippen molar-refractivity contribution in [2.24, 2.45) is 0 Å². The number of amides is 1. The van der Waals surface area contributed by atoms with Crippen molar-refractivity contribution in [3.05, 3.63) is 166 Å². The highest BCUT2D eigenvalue weighted by atomic mass is 16.9.